The van der Waals surface area contributed by atoms with Crippen molar-refractivity contribution >= 4 is 0 Å². The Hall–Kier alpha value is -1.62. The minimum absolute atomic E-state index is 0.953. The van der Waals surface area contributed by atoms with Crippen molar-refractivity contribution in [2.24, 2.45) is 0 Å². The number of aromatic amines is 1. The molecule has 0 atom stereocenters. The first-order valence-electron chi connectivity index (χ1n) is 8.45. The third kappa shape index (κ3) is 3.58. The molecule has 5 nitrogen and oxygen atoms in total. The lowest BCUT2D eigenvalue weighted by Gasteiger charge is -2.16. The highest BCUT2D eigenvalue weighted by Gasteiger charge is 2.16. The zero-order valence-electron chi connectivity index (χ0n) is 13.8. The second-order valence-corrected chi connectivity index (χ2v) is 6.45. The predicted molar refractivity (Wildman–Crippen MR) is 87.8 cm³/mol. The fraction of sp³-hybridized carbons (Fsp3) is 0.647. The normalized spacial score (nSPS) is 15.0. The van der Waals surface area contributed by atoms with Crippen LogP contribution in [-0.4, -0.2) is 38.2 Å². The fourth-order valence-corrected chi connectivity index (χ4v) is 3.34. The molecule has 0 saturated heterocycles. The van der Waals surface area contributed by atoms with Gasteiger partial charge >= 0.3 is 0 Å². The lowest BCUT2D eigenvalue weighted by Crippen LogP contribution is -2.21. The van der Waals surface area contributed by atoms with Gasteiger partial charge in [0.2, 0.25) is 0 Å². The molecule has 2 aromatic rings. The average Bonchev–Trinajstić information content (AvgIpc) is 2.98. The van der Waals surface area contributed by atoms with Gasteiger partial charge in [0.05, 0.1) is 5.69 Å². The van der Waals surface area contributed by atoms with Gasteiger partial charge in [-0.15, -0.1) is 0 Å². The molecule has 0 radical (unpaired) electrons. The van der Waals surface area contributed by atoms with Gasteiger partial charge in [-0.05, 0) is 58.2 Å². The largest absolute Gasteiger partial charge is 0.335 e. The second-order valence-electron chi connectivity index (χ2n) is 6.45. The average molecular weight is 301 g/mol. The molecule has 0 fully saturated rings. The summed E-state index contributed by atoms with van der Waals surface area (Å²) in [7, 11) is 2.19. The van der Waals surface area contributed by atoms with E-state index in [0.29, 0.717) is 0 Å². The zero-order valence-corrected chi connectivity index (χ0v) is 13.8. The highest BCUT2D eigenvalue weighted by Crippen LogP contribution is 2.22. The van der Waals surface area contributed by atoms with Crippen LogP contribution in [0.3, 0.4) is 0 Å². The number of nitrogens with one attached hydrogen (secondary N) is 1. The third-order valence-electron chi connectivity index (χ3n) is 4.67. The van der Waals surface area contributed by atoms with Gasteiger partial charge in [0.15, 0.2) is 0 Å². The number of fused-ring (bicyclic) bond motifs is 1. The number of H-pyrrole nitrogens is 1. The SMILES string of the molecule is Cc1nccn1CCCN(C)Cc1n[nH]c2c1CCCCC2. The van der Waals surface area contributed by atoms with E-state index in [-0.39, 0.29) is 0 Å². The molecule has 2 heterocycles. The van der Waals surface area contributed by atoms with E-state index in [9.17, 15) is 0 Å². The number of nitrogens with zero attached hydrogens (tertiary/aromatic N) is 4. The minimum Gasteiger partial charge on any atom is -0.335 e. The molecular formula is C17H27N5. The molecule has 0 spiro atoms. The van der Waals surface area contributed by atoms with Crippen molar-refractivity contribution in [3.8, 4) is 0 Å². The summed E-state index contributed by atoms with van der Waals surface area (Å²) < 4.78 is 2.22. The molecule has 0 unspecified atom stereocenters. The van der Waals surface area contributed by atoms with E-state index in [1.807, 2.05) is 6.20 Å². The van der Waals surface area contributed by atoms with Gasteiger partial charge in [-0.1, -0.05) is 6.42 Å². The number of aromatic nitrogens is 4. The quantitative estimate of drug-likeness (QED) is 0.835. The Labute approximate surface area is 132 Å². The van der Waals surface area contributed by atoms with E-state index in [1.165, 1.54) is 49.1 Å². The van der Waals surface area contributed by atoms with Crippen LogP contribution in [0.2, 0.25) is 0 Å². The van der Waals surface area contributed by atoms with Crippen LogP contribution in [-0.2, 0) is 25.9 Å². The number of aryl methyl sites for hydroxylation is 3. The lowest BCUT2D eigenvalue weighted by atomic mass is 10.1. The van der Waals surface area contributed by atoms with Gasteiger partial charge in [0.25, 0.3) is 0 Å². The van der Waals surface area contributed by atoms with E-state index in [4.69, 9.17) is 0 Å². The van der Waals surface area contributed by atoms with Crippen LogP contribution in [0.4, 0.5) is 0 Å². The molecule has 5 heteroatoms. The van der Waals surface area contributed by atoms with Crippen LogP contribution in [0.15, 0.2) is 12.4 Å². The smallest absolute Gasteiger partial charge is 0.105 e. The molecular weight excluding hydrogens is 274 g/mol. The maximum Gasteiger partial charge on any atom is 0.105 e. The van der Waals surface area contributed by atoms with Gasteiger partial charge in [-0.25, -0.2) is 4.98 Å². The zero-order chi connectivity index (χ0) is 15.4. The number of imidazole rings is 1. The summed E-state index contributed by atoms with van der Waals surface area (Å²) in [5.41, 5.74) is 4.14. The maximum atomic E-state index is 4.57. The van der Waals surface area contributed by atoms with Crippen LogP contribution in [0, 0.1) is 6.92 Å². The van der Waals surface area contributed by atoms with Gasteiger partial charge in [-0.3, -0.25) is 5.10 Å². The monoisotopic (exact) mass is 301 g/mol. The van der Waals surface area contributed by atoms with E-state index in [1.54, 1.807) is 0 Å². The van der Waals surface area contributed by atoms with Crippen molar-refractivity contribution in [1.82, 2.24) is 24.6 Å². The first kappa shape index (κ1) is 15.3. The molecule has 0 bridgehead atoms. The van der Waals surface area contributed by atoms with Crippen molar-refractivity contribution in [1.29, 1.82) is 0 Å². The summed E-state index contributed by atoms with van der Waals surface area (Å²) in [6.07, 6.45) is 11.4. The van der Waals surface area contributed by atoms with Crippen LogP contribution < -0.4 is 0 Å². The molecule has 120 valence electrons. The Balaban J connectivity index is 1.50. The highest BCUT2D eigenvalue weighted by molar-refractivity contribution is 5.26. The van der Waals surface area contributed by atoms with E-state index in [0.717, 1.165) is 31.9 Å². The topological polar surface area (TPSA) is 49.7 Å². The van der Waals surface area contributed by atoms with Crippen molar-refractivity contribution in [3.63, 3.8) is 0 Å². The van der Waals surface area contributed by atoms with Crippen LogP contribution in [0.1, 0.15) is 48.5 Å². The Morgan fingerprint density at radius 1 is 1.27 bits per heavy atom. The molecule has 2 aromatic heterocycles. The summed E-state index contributed by atoms with van der Waals surface area (Å²) in [5.74, 6) is 1.10. The molecule has 0 aliphatic heterocycles. The number of hydrogen-bond acceptors (Lipinski definition) is 3. The van der Waals surface area contributed by atoms with Crippen LogP contribution >= 0.6 is 0 Å². The Morgan fingerprint density at radius 2 is 2.14 bits per heavy atom. The van der Waals surface area contributed by atoms with Gasteiger partial charge in [0, 0.05) is 31.2 Å². The molecule has 1 N–H and O–H groups in total. The highest BCUT2D eigenvalue weighted by atomic mass is 15.2. The minimum atomic E-state index is 0.953. The Morgan fingerprint density at radius 3 is 2.95 bits per heavy atom. The number of rotatable bonds is 6. The predicted octanol–water partition coefficient (Wildman–Crippen LogP) is 2.71. The van der Waals surface area contributed by atoms with E-state index < -0.39 is 0 Å². The third-order valence-corrected chi connectivity index (χ3v) is 4.67. The van der Waals surface area contributed by atoms with E-state index >= 15 is 0 Å². The summed E-state index contributed by atoms with van der Waals surface area (Å²) in [4.78, 5) is 6.65. The molecule has 0 aromatic carbocycles. The van der Waals surface area contributed by atoms with Crippen molar-refractivity contribution in [2.45, 2.75) is 58.5 Å². The summed E-state index contributed by atoms with van der Waals surface area (Å²) in [6.45, 7) is 5.13. The van der Waals surface area contributed by atoms with Crippen LogP contribution in [0.5, 0.6) is 0 Å². The summed E-state index contributed by atoms with van der Waals surface area (Å²) >= 11 is 0. The Kier molecular flexibility index (Phi) is 4.93. The van der Waals surface area contributed by atoms with Crippen molar-refractivity contribution in [2.75, 3.05) is 13.6 Å². The second kappa shape index (κ2) is 7.09. The van der Waals surface area contributed by atoms with Crippen LogP contribution in [0.25, 0.3) is 0 Å². The molecule has 0 saturated carbocycles. The summed E-state index contributed by atoms with van der Waals surface area (Å²) in [5, 5.41) is 7.84. The molecule has 3 rings (SSSR count). The first-order chi connectivity index (χ1) is 10.7. The fourth-order valence-electron chi connectivity index (χ4n) is 3.34. The summed E-state index contributed by atoms with van der Waals surface area (Å²) in [6, 6.07) is 0. The van der Waals surface area contributed by atoms with Crippen molar-refractivity contribution < 1.29 is 0 Å². The van der Waals surface area contributed by atoms with Crippen molar-refractivity contribution in [3.05, 3.63) is 35.2 Å². The molecule has 22 heavy (non-hydrogen) atoms. The van der Waals surface area contributed by atoms with Gasteiger partial charge in [-0.2, -0.15) is 5.10 Å². The standard InChI is InChI=1S/C17H27N5/c1-14-18-9-12-22(14)11-6-10-21(2)13-17-15-7-4-3-5-8-16(15)19-20-17/h9,12H,3-8,10-11,13H2,1-2H3,(H,19,20). The molecule has 0 amide bonds. The Bertz CT molecular complexity index is 598. The van der Waals surface area contributed by atoms with E-state index in [2.05, 4.69) is 44.8 Å². The molecule has 1 aliphatic carbocycles. The molecule has 1 aliphatic rings. The lowest BCUT2D eigenvalue weighted by molar-refractivity contribution is 0.309. The van der Waals surface area contributed by atoms with Gasteiger partial charge in [0.1, 0.15) is 5.82 Å². The maximum absolute atomic E-state index is 4.57. The first-order valence-corrected chi connectivity index (χ1v) is 8.45. The van der Waals surface area contributed by atoms with Gasteiger partial charge < -0.3 is 9.47 Å². The number of hydrogen-bond donors (Lipinski definition) is 1.